The number of carbonyl (C=O) groups is 3. The van der Waals surface area contributed by atoms with E-state index in [1.807, 2.05) is 62.5 Å². The molecule has 0 bridgehead atoms. The number of amides is 3. The van der Waals surface area contributed by atoms with Crippen LogP contribution in [0.5, 0.6) is 0 Å². The molecule has 3 aromatic rings. The van der Waals surface area contributed by atoms with Gasteiger partial charge >= 0.3 is 6.09 Å². The van der Waals surface area contributed by atoms with Crippen molar-refractivity contribution < 1.29 is 19.1 Å². The first-order chi connectivity index (χ1) is 22.1. The van der Waals surface area contributed by atoms with E-state index in [2.05, 4.69) is 39.0 Å². The van der Waals surface area contributed by atoms with Gasteiger partial charge in [0.15, 0.2) is 0 Å². The van der Waals surface area contributed by atoms with Crippen LogP contribution in [-0.2, 0) is 29.2 Å². The van der Waals surface area contributed by atoms with Crippen LogP contribution < -0.4 is 5.32 Å². The minimum Gasteiger partial charge on any atom is -0.444 e. The van der Waals surface area contributed by atoms with Gasteiger partial charge < -0.3 is 15.0 Å². The van der Waals surface area contributed by atoms with Crippen molar-refractivity contribution >= 4 is 17.9 Å². The lowest BCUT2D eigenvalue weighted by atomic mass is 10.1. The topological polar surface area (TPSA) is 124 Å². The highest BCUT2D eigenvalue weighted by Gasteiger charge is 2.31. The van der Waals surface area contributed by atoms with Gasteiger partial charge in [0.2, 0.25) is 5.91 Å². The summed E-state index contributed by atoms with van der Waals surface area (Å²) in [5.41, 5.74) is 1.97. The number of rotatable bonds is 11. The van der Waals surface area contributed by atoms with E-state index in [4.69, 9.17) is 4.74 Å². The van der Waals surface area contributed by atoms with Crippen molar-refractivity contribution in [1.82, 2.24) is 35.2 Å². The summed E-state index contributed by atoms with van der Waals surface area (Å²) in [4.78, 5) is 52.2. The molecule has 0 unspecified atom stereocenters. The Kier molecular flexibility index (Phi) is 16.5. The average molecular weight is 636 g/mol. The molecule has 1 saturated heterocycles. The fourth-order valence-corrected chi connectivity index (χ4v) is 4.60. The predicted molar refractivity (Wildman–Crippen MR) is 180 cm³/mol. The van der Waals surface area contributed by atoms with Crippen molar-refractivity contribution in [1.29, 1.82) is 0 Å². The molecule has 0 saturated carbocycles. The Bertz CT molecular complexity index is 1290. The van der Waals surface area contributed by atoms with Gasteiger partial charge in [0.05, 0.1) is 12.2 Å². The molecule has 1 fully saturated rings. The maximum absolute atomic E-state index is 13.3. The lowest BCUT2D eigenvalue weighted by molar-refractivity contribution is -0.140. The highest BCUT2D eigenvalue weighted by molar-refractivity contribution is 5.95. The summed E-state index contributed by atoms with van der Waals surface area (Å²) in [7, 11) is 0. The van der Waals surface area contributed by atoms with Crippen molar-refractivity contribution in [3.8, 4) is 0 Å². The minimum atomic E-state index is -0.576. The summed E-state index contributed by atoms with van der Waals surface area (Å²) in [6.45, 7) is 16.9. The zero-order chi connectivity index (χ0) is 34.0. The molecule has 3 heterocycles. The maximum Gasteiger partial charge on any atom is 0.407 e. The number of nitrogens with one attached hydrogen (secondary N) is 2. The van der Waals surface area contributed by atoms with Gasteiger partial charge in [-0.2, -0.15) is 0 Å². The van der Waals surface area contributed by atoms with E-state index in [0.29, 0.717) is 51.3 Å². The number of ether oxygens (including phenoxy) is 1. The summed E-state index contributed by atoms with van der Waals surface area (Å²) < 4.78 is 5.21. The quantitative estimate of drug-likeness (QED) is 0.236. The normalized spacial score (nSPS) is 12.5. The van der Waals surface area contributed by atoms with Gasteiger partial charge in [-0.25, -0.2) is 14.8 Å². The Morgan fingerprint density at radius 2 is 1.63 bits per heavy atom. The summed E-state index contributed by atoms with van der Waals surface area (Å²) in [5, 5.41) is 5.72. The van der Waals surface area contributed by atoms with E-state index < -0.39 is 11.7 Å². The van der Waals surface area contributed by atoms with Crippen LogP contribution in [0, 0.1) is 0 Å². The molecule has 1 aliphatic heterocycles. The van der Waals surface area contributed by atoms with Crippen LogP contribution in [0.1, 0.15) is 102 Å². The second-order valence-electron chi connectivity index (χ2n) is 11.7. The molecule has 1 aromatic carbocycles. The number of hydrogen-bond acceptors (Lipinski definition) is 7. The van der Waals surface area contributed by atoms with Crippen LogP contribution in [0.15, 0.2) is 61.1 Å². The second-order valence-corrected chi connectivity index (χ2v) is 11.7. The number of benzene rings is 1. The monoisotopic (exact) mass is 635 g/mol. The number of H-pyrrole nitrogens is 1. The number of imidazole rings is 1. The molecule has 1 aliphatic rings. The van der Waals surface area contributed by atoms with Crippen molar-refractivity contribution in [2.24, 2.45) is 0 Å². The van der Waals surface area contributed by atoms with E-state index >= 15 is 0 Å². The zero-order valence-electron chi connectivity index (χ0n) is 28.7. The highest BCUT2D eigenvalue weighted by Crippen LogP contribution is 2.19. The SMILES string of the molecule is CC.CC(C)(C)OC(=O)NCCCC(=O)N1CCCN1C(=O)c1ccc(CN(Cc2ccccn2)Cc2ncc[nH]2)cc1.CCC. The molecule has 0 atom stereocenters. The van der Waals surface area contributed by atoms with Crippen molar-refractivity contribution in [3.05, 3.63) is 83.7 Å². The highest BCUT2D eigenvalue weighted by atomic mass is 16.6. The molecule has 46 heavy (non-hydrogen) atoms. The number of carbonyl (C=O) groups excluding carboxylic acids is 3. The number of hydrazine groups is 1. The van der Waals surface area contributed by atoms with Gasteiger partial charge in [-0.05, 0) is 63.4 Å². The van der Waals surface area contributed by atoms with Gasteiger partial charge in [-0.3, -0.25) is 24.5 Å². The number of hydrogen-bond donors (Lipinski definition) is 2. The van der Waals surface area contributed by atoms with Crippen LogP contribution in [0.2, 0.25) is 0 Å². The summed E-state index contributed by atoms with van der Waals surface area (Å²) >= 11 is 0. The van der Waals surface area contributed by atoms with Gasteiger partial charge in [0.25, 0.3) is 5.91 Å². The Balaban J connectivity index is 0.00000139. The number of pyridine rings is 1. The summed E-state index contributed by atoms with van der Waals surface area (Å²) in [6, 6.07) is 13.4. The number of alkyl carbamates (subject to hydrolysis) is 1. The lowest BCUT2D eigenvalue weighted by Crippen LogP contribution is -2.45. The third-order valence-electron chi connectivity index (χ3n) is 6.44. The first-order valence-corrected chi connectivity index (χ1v) is 16.4. The fourth-order valence-electron chi connectivity index (χ4n) is 4.60. The molecule has 0 spiro atoms. The lowest BCUT2D eigenvalue weighted by Gasteiger charge is -2.28. The molecular formula is C35H53N7O4. The summed E-state index contributed by atoms with van der Waals surface area (Å²) in [6.07, 6.45) is 7.48. The third kappa shape index (κ3) is 13.4. The van der Waals surface area contributed by atoms with Crippen LogP contribution >= 0.6 is 0 Å². The van der Waals surface area contributed by atoms with Crippen LogP contribution in [0.3, 0.4) is 0 Å². The third-order valence-corrected chi connectivity index (χ3v) is 6.44. The van der Waals surface area contributed by atoms with Crippen LogP contribution in [0.4, 0.5) is 4.79 Å². The van der Waals surface area contributed by atoms with Gasteiger partial charge in [0, 0.05) is 63.3 Å². The maximum atomic E-state index is 13.3. The number of aromatic amines is 1. The first kappa shape index (κ1) is 37.9. The molecule has 3 amide bonds. The fraction of sp³-hybridized carbons (Fsp3) is 0.514. The molecule has 252 valence electrons. The van der Waals surface area contributed by atoms with Crippen molar-refractivity contribution in [3.63, 3.8) is 0 Å². The average Bonchev–Trinajstić information content (AvgIpc) is 3.73. The molecule has 4 rings (SSSR count). The molecule has 11 heteroatoms. The van der Waals surface area contributed by atoms with Gasteiger partial charge in [-0.1, -0.05) is 52.3 Å². The molecule has 0 radical (unpaired) electrons. The smallest absolute Gasteiger partial charge is 0.407 e. The molecule has 11 nitrogen and oxygen atoms in total. The zero-order valence-corrected chi connectivity index (χ0v) is 28.7. The number of nitrogens with zero attached hydrogens (tertiary/aromatic N) is 5. The Labute approximate surface area is 274 Å². The van der Waals surface area contributed by atoms with Crippen molar-refractivity contribution in [2.75, 3.05) is 19.6 Å². The van der Waals surface area contributed by atoms with Crippen molar-refractivity contribution in [2.45, 2.75) is 99.4 Å². The molecule has 0 aliphatic carbocycles. The Morgan fingerprint density at radius 3 is 2.24 bits per heavy atom. The van der Waals surface area contributed by atoms with E-state index in [9.17, 15) is 14.4 Å². The Morgan fingerprint density at radius 1 is 0.935 bits per heavy atom. The first-order valence-electron chi connectivity index (χ1n) is 16.4. The van der Waals surface area contributed by atoms with E-state index in [1.165, 1.54) is 16.4 Å². The standard InChI is InChI=1S/C30H39N7O4.C3H8.C2H6/c1-30(2,3)41-29(40)34-15-6-9-27(38)36-18-7-19-37(36)28(39)24-12-10-23(11-13-24)20-35(22-26-32-16-17-33-26)21-25-8-4-5-14-31-25;1-3-2;1-2/h4-5,8,10-14,16-17H,6-7,9,15,18-22H2,1-3H3,(H,32,33)(H,34,40);3H2,1-2H3;1-2H3. The molecular weight excluding hydrogens is 582 g/mol. The number of aromatic nitrogens is 3. The predicted octanol–water partition coefficient (Wildman–Crippen LogP) is 6.34. The van der Waals surface area contributed by atoms with Crippen LogP contribution in [0.25, 0.3) is 0 Å². The van der Waals surface area contributed by atoms with Gasteiger partial charge in [-0.15, -0.1) is 0 Å². The van der Waals surface area contributed by atoms with Crippen LogP contribution in [-0.4, -0.2) is 73.0 Å². The molecule has 2 N–H and O–H groups in total. The van der Waals surface area contributed by atoms with Gasteiger partial charge in [0.1, 0.15) is 11.4 Å². The largest absolute Gasteiger partial charge is 0.444 e. The second kappa shape index (κ2) is 20.0. The van der Waals surface area contributed by atoms with E-state index in [-0.39, 0.29) is 18.2 Å². The summed E-state index contributed by atoms with van der Waals surface area (Å²) in [5.74, 6) is 0.531. The molecule has 2 aromatic heterocycles. The van der Waals surface area contributed by atoms with E-state index in [1.54, 1.807) is 33.2 Å². The Hall–Kier alpha value is -4.25. The minimum absolute atomic E-state index is 0.137. The van der Waals surface area contributed by atoms with E-state index in [0.717, 1.165) is 23.5 Å².